The van der Waals surface area contributed by atoms with Gasteiger partial charge in [0.15, 0.2) is 0 Å². The van der Waals surface area contributed by atoms with Crippen LogP contribution in [0, 0.1) is 5.41 Å². The zero-order valence-electron chi connectivity index (χ0n) is 13.7. The first-order chi connectivity index (χ1) is 11.0. The molecule has 0 aromatic heterocycles. The molecule has 3 nitrogen and oxygen atoms in total. The van der Waals surface area contributed by atoms with E-state index in [2.05, 4.69) is 11.9 Å². The lowest BCUT2D eigenvalue weighted by atomic mass is 9.84. The number of hydrogen-bond donors (Lipinski definition) is 1. The van der Waals surface area contributed by atoms with E-state index in [9.17, 15) is 4.79 Å². The van der Waals surface area contributed by atoms with Crippen molar-refractivity contribution >= 4 is 11.6 Å². The fourth-order valence-corrected chi connectivity index (χ4v) is 2.28. The van der Waals surface area contributed by atoms with Gasteiger partial charge in [-0.05, 0) is 36.2 Å². The third-order valence-corrected chi connectivity index (χ3v) is 3.58. The minimum absolute atomic E-state index is 0.00103. The summed E-state index contributed by atoms with van der Waals surface area (Å²) in [4.78, 5) is 12.5. The Morgan fingerprint density at radius 3 is 2.39 bits per heavy atom. The van der Waals surface area contributed by atoms with Crippen molar-refractivity contribution in [3.8, 4) is 5.75 Å². The summed E-state index contributed by atoms with van der Waals surface area (Å²) >= 11 is 0. The number of rotatable bonds is 7. The molecular formula is C20H23NO2. The molecule has 0 aliphatic carbocycles. The van der Waals surface area contributed by atoms with Crippen molar-refractivity contribution in [1.82, 2.24) is 0 Å². The van der Waals surface area contributed by atoms with Crippen LogP contribution < -0.4 is 10.1 Å². The molecule has 1 N–H and O–H groups in total. The maximum Gasteiger partial charge on any atom is 0.230 e. The molecule has 0 bridgehead atoms. The lowest BCUT2D eigenvalue weighted by molar-refractivity contribution is -0.123. The van der Waals surface area contributed by atoms with Gasteiger partial charge in [0.2, 0.25) is 5.91 Å². The lowest BCUT2D eigenvalue weighted by Gasteiger charge is -2.23. The summed E-state index contributed by atoms with van der Waals surface area (Å²) < 4.78 is 5.43. The van der Waals surface area contributed by atoms with E-state index in [-0.39, 0.29) is 5.91 Å². The Labute approximate surface area is 138 Å². The van der Waals surface area contributed by atoms with E-state index in [0.29, 0.717) is 13.0 Å². The number of carbonyl (C=O) groups is 1. The number of benzene rings is 2. The van der Waals surface area contributed by atoms with Crippen LogP contribution in [0.1, 0.15) is 19.4 Å². The summed E-state index contributed by atoms with van der Waals surface area (Å²) in [6.45, 7) is 7.99. The zero-order valence-corrected chi connectivity index (χ0v) is 13.7. The molecule has 0 aliphatic heterocycles. The van der Waals surface area contributed by atoms with Gasteiger partial charge in [-0.15, -0.1) is 0 Å². The minimum atomic E-state index is -0.487. The molecule has 0 spiro atoms. The minimum Gasteiger partial charge on any atom is -0.490 e. The Balaban J connectivity index is 1.98. The Hall–Kier alpha value is -2.55. The quantitative estimate of drug-likeness (QED) is 0.767. The summed E-state index contributed by atoms with van der Waals surface area (Å²) in [5, 5.41) is 2.97. The van der Waals surface area contributed by atoms with E-state index in [1.54, 1.807) is 6.08 Å². The average molecular weight is 309 g/mol. The fourth-order valence-electron chi connectivity index (χ4n) is 2.28. The number of ether oxygens (including phenoxy) is 1. The standard InChI is InChI=1S/C20H23NO2/c1-4-14-23-18-12-10-17(11-13-18)21-19(22)20(2,3)15-16-8-6-5-7-9-16/h4-13H,1,14-15H2,2-3H3,(H,21,22). The topological polar surface area (TPSA) is 38.3 Å². The predicted octanol–water partition coefficient (Wildman–Crippen LogP) is 4.46. The van der Waals surface area contributed by atoms with Crippen molar-refractivity contribution in [2.24, 2.45) is 5.41 Å². The van der Waals surface area contributed by atoms with Crippen LogP contribution in [0.2, 0.25) is 0 Å². The molecule has 1 amide bonds. The van der Waals surface area contributed by atoms with Crippen LogP contribution in [-0.2, 0) is 11.2 Å². The number of nitrogens with one attached hydrogen (secondary N) is 1. The van der Waals surface area contributed by atoms with Gasteiger partial charge in [-0.3, -0.25) is 4.79 Å². The second kappa shape index (κ2) is 7.63. The van der Waals surface area contributed by atoms with E-state index in [0.717, 1.165) is 17.0 Å². The largest absolute Gasteiger partial charge is 0.490 e. The van der Waals surface area contributed by atoms with Crippen LogP contribution in [0.5, 0.6) is 5.75 Å². The highest BCUT2D eigenvalue weighted by Gasteiger charge is 2.27. The molecule has 0 unspecified atom stereocenters. The molecule has 3 heteroatoms. The maximum absolute atomic E-state index is 12.5. The fraction of sp³-hybridized carbons (Fsp3) is 0.250. The first kappa shape index (κ1) is 16.8. The van der Waals surface area contributed by atoms with Crippen LogP contribution >= 0.6 is 0 Å². The SMILES string of the molecule is C=CCOc1ccc(NC(=O)C(C)(C)Cc2ccccc2)cc1. The van der Waals surface area contributed by atoms with Gasteiger partial charge in [0, 0.05) is 11.1 Å². The summed E-state index contributed by atoms with van der Waals surface area (Å²) in [6, 6.07) is 17.4. The molecule has 0 radical (unpaired) electrons. The smallest absolute Gasteiger partial charge is 0.230 e. The zero-order chi connectivity index (χ0) is 16.7. The Morgan fingerprint density at radius 1 is 1.13 bits per heavy atom. The molecule has 0 heterocycles. The summed E-state index contributed by atoms with van der Waals surface area (Å²) in [6.07, 6.45) is 2.39. The molecule has 2 aromatic rings. The van der Waals surface area contributed by atoms with Crippen molar-refractivity contribution < 1.29 is 9.53 Å². The van der Waals surface area contributed by atoms with Crippen molar-refractivity contribution in [1.29, 1.82) is 0 Å². The van der Waals surface area contributed by atoms with Crippen molar-refractivity contribution in [3.63, 3.8) is 0 Å². The lowest BCUT2D eigenvalue weighted by Crippen LogP contribution is -2.32. The highest BCUT2D eigenvalue weighted by atomic mass is 16.5. The normalized spacial score (nSPS) is 10.9. The summed E-state index contributed by atoms with van der Waals surface area (Å²) in [5.74, 6) is 0.757. The molecule has 0 aliphatic rings. The summed E-state index contributed by atoms with van der Waals surface area (Å²) in [7, 11) is 0. The highest BCUT2D eigenvalue weighted by Crippen LogP contribution is 2.25. The Kier molecular flexibility index (Phi) is 5.58. The number of carbonyl (C=O) groups excluding carboxylic acids is 1. The van der Waals surface area contributed by atoms with E-state index < -0.39 is 5.41 Å². The van der Waals surface area contributed by atoms with Crippen LogP contribution in [0.25, 0.3) is 0 Å². The average Bonchev–Trinajstić information content (AvgIpc) is 2.54. The van der Waals surface area contributed by atoms with E-state index in [4.69, 9.17) is 4.74 Å². The van der Waals surface area contributed by atoms with Crippen LogP contribution in [0.4, 0.5) is 5.69 Å². The van der Waals surface area contributed by atoms with Crippen LogP contribution in [-0.4, -0.2) is 12.5 Å². The highest BCUT2D eigenvalue weighted by molar-refractivity contribution is 5.95. The maximum atomic E-state index is 12.5. The van der Waals surface area contributed by atoms with E-state index in [1.807, 2.05) is 68.4 Å². The number of amides is 1. The molecule has 23 heavy (non-hydrogen) atoms. The van der Waals surface area contributed by atoms with Crippen molar-refractivity contribution in [3.05, 3.63) is 72.8 Å². The Bertz CT molecular complexity index is 645. The van der Waals surface area contributed by atoms with Gasteiger partial charge in [-0.2, -0.15) is 0 Å². The van der Waals surface area contributed by atoms with Gasteiger partial charge in [0.1, 0.15) is 12.4 Å². The molecule has 0 fully saturated rings. The van der Waals surface area contributed by atoms with E-state index >= 15 is 0 Å². The molecule has 0 saturated carbocycles. The third-order valence-electron chi connectivity index (χ3n) is 3.58. The van der Waals surface area contributed by atoms with Gasteiger partial charge in [-0.25, -0.2) is 0 Å². The van der Waals surface area contributed by atoms with Gasteiger partial charge in [-0.1, -0.05) is 56.8 Å². The number of anilines is 1. The predicted molar refractivity (Wildman–Crippen MR) is 94.7 cm³/mol. The van der Waals surface area contributed by atoms with Crippen molar-refractivity contribution in [2.75, 3.05) is 11.9 Å². The second-order valence-electron chi connectivity index (χ2n) is 6.12. The third kappa shape index (κ3) is 4.99. The molecule has 0 atom stereocenters. The second-order valence-corrected chi connectivity index (χ2v) is 6.12. The molecular weight excluding hydrogens is 286 g/mol. The first-order valence-corrected chi connectivity index (χ1v) is 7.70. The van der Waals surface area contributed by atoms with E-state index in [1.165, 1.54) is 0 Å². The molecule has 2 rings (SSSR count). The summed E-state index contributed by atoms with van der Waals surface area (Å²) in [5.41, 5.74) is 1.43. The number of hydrogen-bond acceptors (Lipinski definition) is 2. The molecule has 0 saturated heterocycles. The van der Waals surface area contributed by atoms with Crippen LogP contribution in [0.3, 0.4) is 0 Å². The molecule has 2 aromatic carbocycles. The van der Waals surface area contributed by atoms with Gasteiger partial charge >= 0.3 is 0 Å². The first-order valence-electron chi connectivity index (χ1n) is 7.70. The van der Waals surface area contributed by atoms with Gasteiger partial charge in [0.05, 0.1) is 0 Å². The van der Waals surface area contributed by atoms with Crippen LogP contribution in [0.15, 0.2) is 67.3 Å². The van der Waals surface area contributed by atoms with Gasteiger partial charge < -0.3 is 10.1 Å². The Morgan fingerprint density at radius 2 is 1.78 bits per heavy atom. The van der Waals surface area contributed by atoms with Gasteiger partial charge in [0.25, 0.3) is 0 Å². The van der Waals surface area contributed by atoms with Crippen molar-refractivity contribution in [2.45, 2.75) is 20.3 Å². The molecule has 120 valence electrons. The monoisotopic (exact) mass is 309 g/mol.